The Morgan fingerprint density at radius 1 is 0.562 bits per heavy atom. The highest BCUT2D eigenvalue weighted by Gasteiger charge is 2.41. The van der Waals surface area contributed by atoms with Crippen molar-refractivity contribution in [1.29, 1.82) is 0 Å². The van der Waals surface area contributed by atoms with Gasteiger partial charge in [0.2, 0.25) is 59.1 Å². The quantitative estimate of drug-likeness (QED) is 0.0168. The van der Waals surface area contributed by atoms with Gasteiger partial charge in [-0.3, -0.25) is 57.9 Å². The number of unbranched alkanes of at least 4 members (excludes halogenated alkanes) is 1. The van der Waals surface area contributed by atoms with Crippen molar-refractivity contribution in [2.24, 2.45) is 56.0 Å². The van der Waals surface area contributed by atoms with E-state index in [-0.39, 0.29) is 108 Å². The fraction of sp³-hybridized carbons (Fsp3) is 0.579. The number of aliphatic imine (C=N–C) groups is 2. The van der Waals surface area contributed by atoms with Crippen LogP contribution in [0.2, 0.25) is 0 Å². The van der Waals surface area contributed by atoms with Gasteiger partial charge < -0.3 is 108 Å². The Hall–Kier alpha value is -8.72. The summed E-state index contributed by atoms with van der Waals surface area (Å²) in [5.41, 5.74) is 39.8. The van der Waals surface area contributed by atoms with Crippen LogP contribution in [0.25, 0.3) is 0 Å². The van der Waals surface area contributed by atoms with Crippen LogP contribution < -0.4 is 82.7 Å². The molecule has 26 N–H and O–H groups in total. The molecule has 89 heavy (non-hydrogen) atoms. The lowest BCUT2D eigenvalue weighted by Crippen LogP contribution is -2.62. The van der Waals surface area contributed by atoms with Crippen LogP contribution in [-0.2, 0) is 60.8 Å². The number of aromatic hydroxyl groups is 1. The minimum absolute atomic E-state index is 0.000504. The third-order valence-electron chi connectivity index (χ3n) is 14.3. The Labute approximate surface area is 516 Å². The molecule has 32 heteroatoms. The molecule has 10 amide bonds. The second-order valence-corrected chi connectivity index (χ2v) is 22.1. The molecular formula is C57H92N18O14. The van der Waals surface area contributed by atoms with Gasteiger partial charge in [0.1, 0.15) is 66.2 Å². The van der Waals surface area contributed by atoms with Crippen LogP contribution in [0.3, 0.4) is 0 Å². The Kier molecular flexibility index (Phi) is 32.3. The highest BCUT2D eigenvalue weighted by atomic mass is 16.3. The van der Waals surface area contributed by atoms with Gasteiger partial charge in [-0.25, -0.2) is 0 Å². The number of aliphatic hydroxyl groups is 3. The van der Waals surface area contributed by atoms with Crippen molar-refractivity contribution in [1.82, 2.24) is 47.4 Å². The third-order valence-corrected chi connectivity index (χ3v) is 14.3. The van der Waals surface area contributed by atoms with Crippen molar-refractivity contribution < 1.29 is 68.4 Å². The molecule has 0 aliphatic carbocycles. The number of hydrogen-bond acceptors (Lipinski definition) is 18. The summed E-state index contributed by atoms with van der Waals surface area (Å²) in [6.07, 6.45) is -0.657. The first-order valence-electron chi connectivity index (χ1n) is 29.5. The monoisotopic (exact) mass is 1250 g/mol. The minimum Gasteiger partial charge on any atom is -0.508 e. The molecule has 1 aliphatic heterocycles. The maximum Gasteiger partial charge on any atom is 0.248 e. The highest BCUT2D eigenvalue weighted by molar-refractivity contribution is 5.99. The van der Waals surface area contributed by atoms with E-state index in [1.807, 2.05) is 13.8 Å². The minimum atomic E-state index is -1.75. The van der Waals surface area contributed by atoms with Crippen LogP contribution in [0.5, 0.6) is 5.75 Å². The number of carbonyl (C=O) groups excluding carboxylic acids is 10. The largest absolute Gasteiger partial charge is 0.508 e. The van der Waals surface area contributed by atoms with Crippen molar-refractivity contribution in [3.8, 4) is 5.75 Å². The first-order chi connectivity index (χ1) is 42.2. The lowest BCUT2D eigenvalue weighted by molar-refractivity contribution is -0.143. The van der Waals surface area contributed by atoms with Gasteiger partial charge in [0.25, 0.3) is 0 Å². The molecule has 0 unspecified atom stereocenters. The Bertz CT molecular complexity index is 2710. The second-order valence-electron chi connectivity index (χ2n) is 22.1. The molecule has 2 aromatic rings. The smallest absolute Gasteiger partial charge is 0.248 e. The summed E-state index contributed by atoms with van der Waals surface area (Å²) in [6.45, 7) is 3.40. The van der Waals surface area contributed by atoms with E-state index < -0.39 is 139 Å². The molecule has 0 bridgehead atoms. The number of benzene rings is 2. The first-order valence-corrected chi connectivity index (χ1v) is 29.5. The zero-order chi connectivity index (χ0) is 66.3. The molecule has 11 atom stereocenters. The second kappa shape index (κ2) is 38.5. The van der Waals surface area contributed by atoms with Gasteiger partial charge in [-0.15, -0.1) is 0 Å². The summed E-state index contributed by atoms with van der Waals surface area (Å²) >= 11 is 0. The summed E-state index contributed by atoms with van der Waals surface area (Å²) in [5.74, 6) is -9.64. The number of guanidine groups is 2. The average molecular weight is 1250 g/mol. The van der Waals surface area contributed by atoms with Crippen molar-refractivity contribution in [3.05, 3.63) is 65.7 Å². The maximum atomic E-state index is 14.8. The summed E-state index contributed by atoms with van der Waals surface area (Å²) in [5, 5.41) is 61.6. The van der Waals surface area contributed by atoms with Crippen LogP contribution >= 0.6 is 0 Å². The molecule has 1 saturated heterocycles. The normalized spacial score (nSPS) is 16.2. The predicted octanol–water partition coefficient (Wildman–Crippen LogP) is -6.49. The number of rotatable bonds is 39. The Morgan fingerprint density at radius 3 is 1.51 bits per heavy atom. The van der Waals surface area contributed by atoms with Crippen LogP contribution in [0, 0.1) is 5.92 Å². The molecule has 0 radical (unpaired) electrons. The SMILES string of the molecule is CC(C)C[C@H](NC(=O)[C@H](CCCN=C(N)N)NC(=O)[C@@H]1CCCN1C(=O)[C@H](CO)NC(=O)[C@H](Cc1ccccc1)NC(=O)[C@H](Cc1ccc(O)cc1)NC(=O)[C@H](CCCN=C(N)N)NC(=O)[C@@H](NC(=O)[C@H](CCCCN)NC(=O)[C@@H](N)CO)[C@@H](C)O)C(N)=O. The van der Waals surface area contributed by atoms with Gasteiger partial charge in [0, 0.05) is 32.5 Å². The third kappa shape index (κ3) is 26.3. The van der Waals surface area contributed by atoms with E-state index in [1.54, 1.807) is 30.3 Å². The Balaban J connectivity index is 1.99. The summed E-state index contributed by atoms with van der Waals surface area (Å²) in [6, 6.07) is -0.420. The number of likely N-dealkylation sites (tertiary alicyclic amines) is 1. The molecule has 2 aromatic carbocycles. The number of amides is 10. The van der Waals surface area contributed by atoms with Gasteiger partial charge >= 0.3 is 0 Å². The fourth-order valence-corrected chi connectivity index (χ4v) is 9.49. The van der Waals surface area contributed by atoms with Crippen LogP contribution in [0.4, 0.5) is 0 Å². The zero-order valence-corrected chi connectivity index (χ0v) is 50.6. The number of nitrogens with one attached hydrogen (secondary N) is 8. The Morgan fingerprint density at radius 2 is 1.02 bits per heavy atom. The van der Waals surface area contributed by atoms with Gasteiger partial charge in [0.15, 0.2) is 11.9 Å². The predicted molar refractivity (Wildman–Crippen MR) is 327 cm³/mol. The van der Waals surface area contributed by atoms with E-state index in [0.717, 1.165) is 4.90 Å². The lowest BCUT2D eigenvalue weighted by atomic mass is 10.0. The highest BCUT2D eigenvalue weighted by Crippen LogP contribution is 2.20. The number of nitrogens with zero attached hydrogens (tertiary/aromatic N) is 3. The van der Waals surface area contributed by atoms with E-state index in [0.29, 0.717) is 30.4 Å². The molecule has 32 nitrogen and oxygen atoms in total. The van der Waals surface area contributed by atoms with Crippen molar-refractivity contribution in [2.75, 3.05) is 39.4 Å². The lowest BCUT2D eigenvalue weighted by Gasteiger charge is -2.30. The summed E-state index contributed by atoms with van der Waals surface area (Å²) in [7, 11) is 0. The van der Waals surface area contributed by atoms with Gasteiger partial charge in [-0.1, -0.05) is 56.3 Å². The first kappa shape index (κ1) is 74.5. The molecule has 1 fully saturated rings. The van der Waals surface area contributed by atoms with Crippen LogP contribution in [0.1, 0.15) is 96.1 Å². The van der Waals surface area contributed by atoms with Gasteiger partial charge in [-0.2, -0.15) is 0 Å². The van der Waals surface area contributed by atoms with Gasteiger partial charge in [-0.05, 0) is 107 Å². The number of phenols is 1. The summed E-state index contributed by atoms with van der Waals surface area (Å²) < 4.78 is 0. The molecular weight excluding hydrogens is 1160 g/mol. The topological polar surface area (TPSA) is 558 Å². The summed E-state index contributed by atoms with van der Waals surface area (Å²) in [4.78, 5) is 148. The van der Waals surface area contributed by atoms with Crippen LogP contribution in [-0.4, -0.2) is 202 Å². The molecule has 0 aromatic heterocycles. The molecule has 1 heterocycles. The van der Waals surface area contributed by atoms with Crippen LogP contribution in [0.15, 0.2) is 64.6 Å². The van der Waals surface area contributed by atoms with E-state index >= 15 is 0 Å². The van der Waals surface area contributed by atoms with Gasteiger partial charge in [0.05, 0.1) is 19.3 Å². The van der Waals surface area contributed by atoms with Crippen molar-refractivity contribution in [2.45, 2.75) is 164 Å². The average Bonchev–Trinajstić information content (AvgIpc) is 3.87. The fourth-order valence-electron chi connectivity index (χ4n) is 9.49. The number of nitrogens with two attached hydrogens (primary N) is 7. The number of aliphatic hydroxyl groups excluding tert-OH is 3. The molecule has 3 rings (SSSR count). The van der Waals surface area contributed by atoms with E-state index in [1.165, 1.54) is 31.2 Å². The molecule has 0 saturated carbocycles. The number of phenolic OH excluding ortho intramolecular Hbond substituents is 1. The zero-order valence-electron chi connectivity index (χ0n) is 50.6. The molecule has 494 valence electrons. The van der Waals surface area contributed by atoms with E-state index in [2.05, 4.69) is 52.5 Å². The number of primary amides is 1. The van der Waals surface area contributed by atoms with Crippen molar-refractivity contribution in [3.63, 3.8) is 0 Å². The number of hydrogen-bond donors (Lipinski definition) is 19. The van der Waals surface area contributed by atoms with E-state index in [9.17, 15) is 68.4 Å². The van der Waals surface area contributed by atoms with E-state index in [4.69, 9.17) is 40.1 Å². The maximum absolute atomic E-state index is 14.8. The molecule has 1 aliphatic rings. The standard InChI is InChI=1S/C57H92N18O14/c1-31(2)26-40(46(60)80)70-48(82)38(15-9-23-65-56(61)62)68-53(87)44-17-11-25-75(44)55(89)43(30-77)73-52(86)41(27-33-12-5-4-6-13-33)72-51(85)42(28-34-18-20-35(79)21-19-34)71-49(83)39(16-10-24-66-57(63)64)69-54(88)45(32(3)78)74-50(84)37(14-7-8-22-58)67-47(81)36(59)29-76/h4-6,12-13,18-21,31-32,36-45,76-79H,7-11,14-17,22-30,58-59H2,1-3H3,(H2,60,80)(H,67,81)(H,68,87)(H,69,88)(H,70,82)(H,71,83)(H,72,85)(H,73,86)(H,74,84)(H4,61,62,65)(H4,63,64,66)/t32-,36+,37+,38+,39+,40+,41+,42+,43+,44+,45+/m1/s1. The number of carbonyl (C=O) groups is 10. The van der Waals surface area contributed by atoms with Crippen molar-refractivity contribution >= 4 is 71.0 Å². The molecule has 0 spiro atoms.